The summed E-state index contributed by atoms with van der Waals surface area (Å²) in [6.45, 7) is 10.3. The summed E-state index contributed by atoms with van der Waals surface area (Å²) in [4.78, 5) is 7.96. The Hall–Kier alpha value is -2.64. The molecule has 2 aromatic rings. The molecule has 2 heterocycles. The van der Waals surface area contributed by atoms with E-state index in [0.717, 1.165) is 18.9 Å². The molecule has 1 aromatic carbocycles. The number of nitrogens with one attached hydrogen (secondary N) is 3. The van der Waals surface area contributed by atoms with Crippen molar-refractivity contribution in [1.29, 1.82) is 0 Å². The molecule has 1 saturated heterocycles. The van der Waals surface area contributed by atoms with Crippen molar-refractivity contribution in [2.75, 3.05) is 46.2 Å². The second-order valence-electron chi connectivity index (χ2n) is 7.27. The zero-order valence-electron chi connectivity index (χ0n) is 18.5. The Bertz CT molecular complexity index is 751. The largest absolute Gasteiger partial charge is 0.405 e. The molecule has 29 heavy (non-hydrogen) atoms. The van der Waals surface area contributed by atoms with Crippen molar-refractivity contribution >= 4 is 16.6 Å². The monoisotopic (exact) mass is 401 g/mol. The van der Waals surface area contributed by atoms with E-state index in [-0.39, 0.29) is 0 Å². The summed E-state index contributed by atoms with van der Waals surface area (Å²) >= 11 is 0. The summed E-state index contributed by atoms with van der Waals surface area (Å²) in [5.74, 6) is 0.905. The first-order valence-corrected chi connectivity index (χ1v) is 10.00. The zero-order chi connectivity index (χ0) is 21.8. The molecule has 0 bridgehead atoms. The van der Waals surface area contributed by atoms with Gasteiger partial charge in [-0.25, -0.2) is 0 Å². The lowest BCUT2D eigenvalue weighted by Crippen LogP contribution is -2.45. The summed E-state index contributed by atoms with van der Waals surface area (Å²) < 4.78 is 0. The van der Waals surface area contributed by atoms with Crippen molar-refractivity contribution in [3.63, 3.8) is 0 Å². The van der Waals surface area contributed by atoms with E-state index in [9.17, 15) is 0 Å². The average Bonchev–Trinajstić information content (AvgIpc) is 3.11. The first kappa shape index (κ1) is 24.4. The summed E-state index contributed by atoms with van der Waals surface area (Å²) in [5.41, 5.74) is 12.7. The molecule has 0 spiro atoms. The number of nitrogens with two attached hydrogens (primary N) is 2. The average molecular weight is 402 g/mol. The van der Waals surface area contributed by atoms with Crippen LogP contribution < -0.4 is 27.0 Å². The SMILES string of the molecule is C=C(NCc1cc2cc(N(C)C)ccc2[nH]1)NC1CCCN(C)C1.C=CN.CN. The third kappa shape index (κ3) is 8.09. The number of aromatic nitrogens is 1. The molecule has 1 unspecified atom stereocenters. The van der Waals surface area contributed by atoms with Crippen molar-refractivity contribution in [3.05, 3.63) is 55.1 Å². The number of fused-ring (bicyclic) bond motifs is 1. The van der Waals surface area contributed by atoms with Crippen molar-refractivity contribution in [1.82, 2.24) is 20.5 Å². The van der Waals surface area contributed by atoms with Crippen LogP contribution in [0.1, 0.15) is 18.5 Å². The first-order valence-electron chi connectivity index (χ1n) is 10.00. The molecule has 1 aliphatic heterocycles. The van der Waals surface area contributed by atoms with Gasteiger partial charge in [-0.3, -0.25) is 0 Å². The molecule has 1 atom stereocenters. The Labute approximate surface area is 175 Å². The standard InChI is InChI=1S/C19H29N5.C2H5N.CH5N/c1-14(21-16-6-5-9-24(4)13-16)20-12-17-10-15-11-18(23(2)3)7-8-19(15)22-17;1-2-3;1-2/h7-8,10-11,16,20-22H,1,5-6,9,12-13H2,2-4H3;2H,1,3H2;2H2,1H3. The second-order valence-corrected chi connectivity index (χ2v) is 7.27. The number of anilines is 1. The number of H-pyrrole nitrogens is 1. The topological polar surface area (TPSA) is 98.4 Å². The van der Waals surface area contributed by atoms with Crippen LogP contribution in [0, 0.1) is 0 Å². The highest BCUT2D eigenvalue weighted by molar-refractivity contribution is 5.84. The molecule has 1 aliphatic rings. The Morgan fingerprint density at radius 3 is 2.66 bits per heavy atom. The van der Waals surface area contributed by atoms with Crippen LogP contribution in [0.25, 0.3) is 10.9 Å². The number of hydrogen-bond donors (Lipinski definition) is 5. The maximum Gasteiger partial charge on any atom is 0.0918 e. The molecule has 0 radical (unpaired) electrons. The van der Waals surface area contributed by atoms with E-state index in [1.54, 1.807) is 0 Å². The molecule has 0 saturated carbocycles. The van der Waals surface area contributed by atoms with Gasteiger partial charge < -0.3 is 36.9 Å². The molecule has 0 amide bonds. The molecule has 3 rings (SSSR count). The highest BCUT2D eigenvalue weighted by Crippen LogP contribution is 2.21. The lowest BCUT2D eigenvalue weighted by molar-refractivity contribution is 0.233. The van der Waals surface area contributed by atoms with E-state index in [4.69, 9.17) is 0 Å². The van der Waals surface area contributed by atoms with E-state index in [1.807, 2.05) is 0 Å². The maximum absolute atomic E-state index is 4.61. The van der Waals surface area contributed by atoms with Crippen LogP contribution in [-0.2, 0) is 6.54 Å². The number of benzene rings is 1. The van der Waals surface area contributed by atoms with Gasteiger partial charge in [0.1, 0.15) is 0 Å². The van der Waals surface area contributed by atoms with E-state index in [2.05, 4.69) is 95.5 Å². The van der Waals surface area contributed by atoms with Gasteiger partial charge in [0.15, 0.2) is 0 Å². The number of rotatable bonds is 6. The minimum absolute atomic E-state index is 0.495. The number of likely N-dealkylation sites (tertiary alicyclic amines) is 1. The van der Waals surface area contributed by atoms with E-state index in [1.165, 1.54) is 54.9 Å². The third-order valence-electron chi connectivity index (χ3n) is 4.67. The van der Waals surface area contributed by atoms with Gasteiger partial charge in [-0.1, -0.05) is 13.2 Å². The normalized spacial score (nSPS) is 16.0. The van der Waals surface area contributed by atoms with Crippen LogP contribution in [0.15, 0.2) is 49.4 Å². The lowest BCUT2D eigenvalue weighted by Gasteiger charge is -2.31. The number of aromatic amines is 1. The van der Waals surface area contributed by atoms with Gasteiger partial charge >= 0.3 is 0 Å². The van der Waals surface area contributed by atoms with Crippen molar-refractivity contribution < 1.29 is 0 Å². The van der Waals surface area contributed by atoms with Crippen LogP contribution in [0.3, 0.4) is 0 Å². The van der Waals surface area contributed by atoms with Crippen molar-refractivity contribution in [3.8, 4) is 0 Å². The zero-order valence-corrected chi connectivity index (χ0v) is 18.5. The minimum Gasteiger partial charge on any atom is -0.405 e. The number of piperidine rings is 1. The van der Waals surface area contributed by atoms with Gasteiger partial charge in [0.2, 0.25) is 0 Å². The van der Waals surface area contributed by atoms with Gasteiger partial charge in [0, 0.05) is 49.0 Å². The number of hydrogen-bond acceptors (Lipinski definition) is 6. The number of likely N-dealkylation sites (N-methyl/N-ethyl adjacent to an activating group) is 1. The fourth-order valence-corrected chi connectivity index (χ4v) is 3.34. The van der Waals surface area contributed by atoms with E-state index in [0.29, 0.717) is 6.04 Å². The predicted octanol–water partition coefficient (Wildman–Crippen LogP) is 2.14. The second kappa shape index (κ2) is 12.7. The predicted molar refractivity (Wildman–Crippen MR) is 127 cm³/mol. The fraction of sp³-hybridized carbons (Fsp3) is 0.455. The van der Waals surface area contributed by atoms with Crippen LogP contribution >= 0.6 is 0 Å². The van der Waals surface area contributed by atoms with Gasteiger partial charge in [0.25, 0.3) is 0 Å². The number of nitrogens with zero attached hydrogens (tertiary/aromatic N) is 2. The molecule has 0 aliphatic carbocycles. The Morgan fingerprint density at radius 1 is 1.34 bits per heavy atom. The first-order chi connectivity index (χ1) is 13.9. The molecule has 7 heteroatoms. The smallest absolute Gasteiger partial charge is 0.0918 e. The Kier molecular flexibility index (Phi) is 10.7. The van der Waals surface area contributed by atoms with Crippen molar-refractivity contribution in [2.45, 2.75) is 25.4 Å². The minimum atomic E-state index is 0.495. The van der Waals surface area contributed by atoms with E-state index < -0.39 is 0 Å². The Balaban J connectivity index is 0.000000771. The van der Waals surface area contributed by atoms with E-state index >= 15 is 0 Å². The van der Waals surface area contributed by atoms with Crippen LogP contribution in [-0.4, -0.2) is 57.2 Å². The van der Waals surface area contributed by atoms with Crippen LogP contribution in [0.4, 0.5) is 5.69 Å². The Morgan fingerprint density at radius 2 is 2.03 bits per heavy atom. The van der Waals surface area contributed by atoms with Crippen LogP contribution in [0.2, 0.25) is 0 Å². The summed E-state index contributed by atoms with van der Waals surface area (Å²) in [7, 11) is 7.81. The lowest BCUT2D eigenvalue weighted by atomic mass is 10.1. The van der Waals surface area contributed by atoms with Crippen LogP contribution in [0.5, 0.6) is 0 Å². The van der Waals surface area contributed by atoms with Gasteiger partial charge in [-0.15, -0.1) is 0 Å². The van der Waals surface area contributed by atoms with Gasteiger partial charge in [-0.2, -0.15) is 0 Å². The summed E-state index contributed by atoms with van der Waals surface area (Å²) in [6.07, 6.45) is 3.71. The van der Waals surface area contributed by atoms with Crippen molar-refractivity contribution in [2.24, 2.45) is 11.5 Å². The highest BCUT2D eigenvalue weighted by atomic mass is 15.2. The molecule has 7 nitrogen and oxygen atoms in total. The summed E-state index contributed by atoms with van der Waals surface area (Å²) in [6, 6.07) is 9.18. The molecule has 1 fully saturated rings. The molecule has 162 valence electrons. The fourth-order valence-electron chi connectivity index (χ4n) is 3.34. The molecule has 7 N–H and O–H groups in total. The van der Waals surface area contributed by atoms with Gasteiger partial charge in [0.05, 0.1) is 12.4 Å². The molecule has 1 aromatic heterocycles. The summed E-state index contributed by atoms with van der Waals surface area (Å²) in [5, 5.41) is 8.14. The van der Waals surface area contributed by atoms with Gasteiger partial charge in [-0.05, 0) is 63.9 Å². The highest BCUT2D eigenvalue weighted by Gasteiger charge is 2.16. The molecular weight excluding hydrogens is 362 g/mol. The molecular formula is C22H39N7. The quantitative estimate of drug-likeness (QED) is 0.509. The maximum atomic E-state index is 4.61. The third-order valence-corrected chi connectivity index (χ3v) is 4.67.